The van der Waals surface area contributed by atoms with Crippen molar-refractivity contribution in [3.05, 3.63) is 113 Å². The average molecular weight is 756 g/mol. The highest BCUT2D eigenvalue weighted by Gasteiger charge is 2.50. The van der Waals surface area contributed by atoms with E-state index in [0.29, 0.717) is 30.8 Å². The third kappa shape index (κ3) is 6.47. The molecule has 6 heterocycles. The van der Waals surface area contributed by atoms with Crippen LogP contribution in [0.15, 0.2) is 79.0 Å². The summed E-state index contributed by atoms with van der Waals surface area (Å²) >= 11 is 0. The van der Waals surface area contributed by atoms with Crippen molar-refractivity contribution < 1.29 is 33.4 Å². The fourth-order valence-corrected chi connectivity index (χ4v) is 8.35. The van der Waals surface area contributed by atoms with Gasteiger partial charge in [-0.3, -0.25) is 34.2 Å². The maximum atomic E-state index is 14.1. The van der Waals surface area contributed by atoms with Gasteiger partial charge in [0.05, 0.1) is 47.5 Å². The Morgan fingerprint density at radius 3 is 2.54 bits per heavy atom. The lowest BCUT2D eigenvalue weighted by atomic mass is 9.78. The molecule has 1 aromatic heterocycles. The van der Waals surface area contributed by atoms with Crippen LogP contribution in [0.25, 0.3) is 0 Å². The van der Waals surface area contributed by atoms with Crippen molar-refractivity contribution in [1.82, 2.24) is 25.5 Å². The summed E-state index contributed by atoms with van der Waals surface area (Å²) in [5.74, 6) is -0.861. The first-order valence-electron chi connectivity index (χ1n) is 19.0. The monoisotopic (exact) mass is 755 g/mol. The van der Waals surface area contributed by atoms with Crippen molar-refractivity contribution in [2.75, 3.05) is 43.1 Å². The van der Waals surface area contributed by atoms with Crippen molar-refractivity contribution in [3.63, 3.8) is 0 Å². The van der Waals surface area contributed by atoms with Crippen LogP contribution in [0, 0.1) is 5.41 Å². The van der Waals surface area contributed by atoms with Gasteiger partial charge in [-0.1, -0.05) is 49.4 Å². The number of nitrogens with one attached hydrogen (secondary N) is 3. The van der Waals surface area contributed by atoms with E-state index in [2.05, 4.69) is 32.8 Å². The smallest absolute Gasteiger partial charge is 0.264 e. The molecule has 4 unspecified atom stereocenters. The van der Waals surface area contributed by atoms with Crippen LogP contribution in [0.3, 0.4) is 0 Å². The zero-order valence-electron chi connectivity index (χ0n) is 30.8. The number of aromatic nitrogens is 2. The molecule has 56 heavy (non-hydrogen) atoms. The summed E-state index contributed by atoms with van der Waals surface area (Å²) in [6.45, 7) is 6.37. The Morgan fingerprint density at radius 1 is 1.00 bits per heavy atom. The lowest BCUT2D eigenvalue weighted by Crippen LogP contribution is -2.66. The minimum atomic E-state index is -1.06. The van der Waals surface area contributed by atoms with Crippen molar-refractivity contribution in [3.8, 4) is 5.75 Å². The van der Waals surface area contributed by atoms with E-state index >= 15 is 0 Å². The lowest BCUT2D eigenvalue weighted by Gasteiger charge is -2.54. The van der Waals surface area contributed by atoms with Crippen molar-refractivity contribution in [1.29, 1.82) is 0 Å². The maximum absolute atomic E-state index is 14.1. The van der Waals surface area contributed by atoms with E-state index in [1.807, 2.05) is 54.6 Å². The second kappa shape index (κ2) is 14.3. The molecule has 9 rings (SSSR count). The summed E-state index contributed by atoms with van der Waals surface area (Å²) in [7, 11) is 0. The number of carbonyl (C=O) groups is 5. The van der Waals surface area contributed by atoms with Gasteiger partial charge in [0.2, 0.25) is 17.8 Å². The second-order valence-corrected chi connectivity index (χ2v) is 15.5. The number of nitrogens with zero attached hydrogens (tertiary/aromatic N) is 4. The van der Waals surface area contributed by atoms with Gasteiger partial charge >= 0.3 is 0 Å². The van der Waals surface area contributed by atoms with Crippen LogP contribution in [-0.4, -0.2) is 95.3 Å². The molecular weight excluding hydrogens is 715 g/mol. The number of ketones is 1. The summed E-state index contributed by atoms with van der Waals surface area (Å²) in [6, 6.07) is 20.4. The molecule has 1 spiro atoms. The molecule has 5 aliphatic rings. The van der Waals surface area contributed by atoms with Crippen LogP contribution in [0.4, 0.5) is 11.6 Å². The summed E-state index contributed by atoms with van der Waals surface area (Å²) in [5, 5.41) is 8.82. The molecule has 3 aromatic carbocycles. The predicted octanol–water partition coefficient (Wildman–Crippen LogP) is 3.27. The van der Waals surface area contributed by atoms with E-state index in [1.165, 1.54) is 0 Å². The van der Waals surface area contributed by atoms with Crippen LogP contribution >= 0.6 is 0 Å². The number of hydrogen-bond donors (Lipinski definition) is 3. The molecule has 3 N–H and O–H groups in total. The van der Waals surface area contributed by atoms with Gasteiger partial charge in [0.15, 0.2) is 5.78 Å². The van der Waals surface area contributed by atoms with Crippen LogP contribution < -0.4 is 25.6 Å². The summed E-state index contributed by atoms with van der Waals surface area (Å²) in [5.41, 5.74) is 4.51. The second-order valence-electron chi connectivity index (χ2n) is 15.5. The highest BCUT2D eigenvalue weighted by molar-refractivity contribution is 6.25. The minimum absolute atomic E-state index is 0.0271. The first-order chi connectivity index (χ1) is 27.2. The van der Waals surface area contributed by atoms with Gasteiger partial charge in [0.25, 0.3) is 11.8 Å². The molecule has 0 aliphatic carbocycles. The predicted molar refractivity (Wildman–Crippen MR) is 203 cm³/mol. The fourth-order valence-electron chi connectivity index (χ4n) is 8.35. The molecule has 4 saturated heterocycles. The highest BCUT2D eigenvalue weighted by atomic mass is 16.5. The van der Waals surface area contributed by atoms with Gasteiger partial charge in [-0.2, -0.15) is 0 Å². The van der Waals surface area contributed by atoms with Gasteiger partial charge < -0.3 is 25.0 Å². The first-order valence-corrected chi connectivity index (χ1v) is 19.0. The van der Waals surface area contributed by atoms with E-state index in [1.54, 1.807) is 24.4 Å². The number of piperidine rings is 1. The maximum Gasteiger partial charge on any atom is 0.264 e. The number of imide groups is 2. The van der Waals surface area contributed by atoms with Gasteiger partial charge in [0, 0.05) is 43.5 Å². The molecule has 286 valence electrons. The Hall–Kier alpha value is -5.99. The third-order valence-electron chi connectivity index (χ3n) is 11.5. The molecule has 0 bridgehead atoms. The van der Waals surface area contributed by atoms with Gasteiger partial charge in [-0.05, 0) is 60.2 Å². The zero-order chi connectivity index (χ0) is 38.6. The van der Waals surface area contributed by atoms with Crippen LogP contribution in [0.2, 0.25) is 0 Å². The number of hydrogen-bond acceptors (Lipinski definition) is 12. The number of ether oxygens (including phenoxy) is 2. The molecule has 4 atom stereocenters. The van der Waals surface area contributed by atoms with Gasteiger partial charge in [-0.15, -0.1) is 0 Å². The number of rotatable bonds is 12. The standard InChI is InChI=1S/C42H41N7O7/c1-24(17-25-9-11-27(12-10-25)56-19-26-15-16-43-41(45-26)48-20-42(21-48)22-55-23-42)28-5-2-3-6-29(28)37(51)36-32(18-44-36)46-31-8-4-7-30-35(31)40(54)49(39(30)53)33-13-14-34(50)47-38(33)52/h2-12,15-16,24,32-33,36,44,46H,13-14,17-23H2,1H3,(H,47,50,52). The molecule has 14 heteroatoms. The SMILES string of the molecule is CC(Cc1ccc(OCc2ccnc(N3CC4(COC4)C3)n2)cc1)c1ccccc1C(=O)C1NCC1Nc1cccc2c1C(=O)N(C1CCC(=O)NC1=O)C2=O. The van der Waals surface area contributed by atoms with E-state index in [4.69, 9.17) is 14.5 Å². The number of fused-ring (bicyclic) bond motifs is 1. The Bertz CT molecular complexity index is 2250. The summed E-state index contributed by atoms with van der Waals surface area (Å²) in [4.78, 5) is 77.6. The molecule has 4 amide bonds. The van der Waals surface area contributed by atoms with Crippen LogP contribution in [0.5, 0.6) is 5.75 Å². The Labute approximate surface area is 323 Å². The topological polar surface area (TPSA) is 172 Å². The molecular formula is C42H41N7O7. The number of anilines is 2. The number of benzene rings is 3. The van der Waals surface area contributed by atoms with E-state index in [9.17, 15) is 24.0 Å². The van der Waals surface area contributed by atoms with E-state index in [0.717, 1.165) is 59.7 Å². The zero-order valence-corrected chi connectivity index (χ0v) is 30.8. The quantitative estimate of drug-likeness (QED) is 0.143. The van der Waals surface area contributed by atoms with Gasteiger partial charge in [-0.25, -0.2) is 9.97 Å². The van der Waals surface area contributed by atoms with Crippen LogP contribution in [0.1, 0.15) is 73.6 Å². The van der Waals surface area contributed by atoms with Crippen molar-refractivity contribution in [2.24, 2.45) is 5.41 Å². The van der Waals surface area contributed by atoms with E-state index in [-0.39, 0.29) is 47.1 Å². The van der Waals surface area contributed by atoms with Gasteiger partial charge in [0.1, 0.15) is 18.4 Å². The third-order valence-corrected chi connectivity index (χ3v) is 11.5. The fraction of sp³-hybridized carbons (Fsp3) is 0.357. The normalized spacial score (nSPS) is 22.8. The minimum Gasteiger partial charge on any atom is -0.487 e. The molecule has 0 radical (unpaired) electrons. The molecule has 14 nitrogen and oxygen atoms in total. The Balaban J connectivity index is 0.825. The molecule has 4 aromatic rings. The molecule has 5 aliphatic heterocycles. The lowest BCUT2D eigenvalue weighted by molar-refractivity contribution is -0.136. The number of amides is 4. The Morgan fingerprint density at radius 2 is 1.80 bits per heavy atom. The van der Waals surface area contributed by atoms with Crippen molar-refractivity contribution >= 4 is 41.0 Å². The largest absolute Gasteiger partial charge is 0.487 e. The highest BCUT2D eigenvalue weighted by Crippen LogP contribution is 2.39. The van der Waals surface area contributed by atoms with Crippen molar-refractivity contribution in [2.45, 2.75) is 56.8 Å². The number of Topliss-reactive ketones (excluding diaryl/α,β-unsaturated/α-hetero) is 1. The van der Waals surface area contributed by atoms with E-state index < -0.39 is 35.7 Å². The molecule has 0 saturated carbocycles. The van der Waals surface area contributed by atoms with Crippen LogP contribution in [-0.2, 0) is 27.4 Å². The molecule has 4 fully saturated rings. The Kier molecular flexibility index (Phi) is 9.09. The summed E-state index contributed by atoms with van der Waals surface area (Å²) in [6.07, 6.45) is 2.59. The first kappa shape index (κ1) is 35.7. The number of carbonyl (C=O) groups excluding carboxylic acids is 5. The summed E-state index contributed by atoms with van der Waals surface area (Å²) < 4.78 is 11.4. The average Bonchev–Trinajstić information content (AvgIpc) is 3.41.